The van der Waals surface area contributed by atoms with Crippen LogP contribution < -0.4 is 5.32 Å². The number of halogens is 1. The predicted molar refractivity (Wildman–Crippen MR) is 117 cm³/mol. The minimum Gasteiger partial charge on any atom is -0.322 e. The maximum Gasteiger partial charge on any atom is 0.248 e. The van der Waals surface area contributed by atoms with Gasteiger partial charge in [-0.15, -0.1) is 0 Å². The second-order valence-corrected chi connectivity index (χ2v) is 9.46. The van der Waals surface area contributed by atoms with Crippen LogP contribution >= 0.6 is 11.6 Å². The van der Waals surface area contributed by atoms with E-state index in [0.29, 0.717) is 16.4 Å². The van der Waals surface area contributed by atoms with Crippen LogP contribution in [0.2, 0.25) is 5.15 Å². The summed E-state index contributed by atoms with van der Waals surface area (Å²) in [5, 5.41) is 7.64. The van der Waals surface area contributed by atoms with Crippen LogP contribution in [0.1, 0.15) is 36.6 Å². The molecule has 1 N–H and O–H groups in total. The van der Waals surface area contributed by atoms with E-state index < -0.39 is 10.0 Å². The molecule has 9 heteroatoms. The first kappa shape index (κ1) is 23.1. The average molecular weight is 439 g/mol. The Labute approximate surface area is 177 Å². The van der Waals surface area contributed by atoms with Gasteiger partial charge in [-0.3, -0.25) is 9.48 Å². The summed E-state index contributed by atoms with van der Waals surface area (Å²) in [7, 11) is -0.665. The van der Waals surface area contributed by atoms with Crippen LogP contribution in [0.4, 0.5) is 5.69 Å². The normalized spacial score (nSPS) is 12.1. The Morgan fingerprint density at radius 3 is 2.62 bits per heavy atom. The second kappa shape index (κ2) is 9.56. The summed E-state index contributed by atoms with van der Waals surface area (Å²) in [5.74, 6) is -0.385. The van der Waals surface area contributed by atoms with Crippen molar-refractivity contribution in [3.05, 3.63) is 46.2 Å². The highest BCUT2D eigenvalue weighted by Gasteiger charge is 2.18. The molecule has 0 saturated carbocycles. The van der Waals surface area contributed by atoms with Gasteiger partial charge in [0.2, 0.25) is 15.9 Å². The lowest BCUT2D eigenvalue weighted by molar-refractivity contribution is -0.111. The van der Waals surface area contributed by atoms with Gasteiger partial charge in [0, 0.05) is 38.0 Å². The molecule has 2 rings (SSSR count). The molecule has 0 bridgehead atoms. The Hall–Kier alpha value is -2.16. The Morgan fingerprint density at radius 2 is 2.00 bits per heavy atom. The van der Waals surface area contributed by atoms with Crippen molar-refractivity contribution < 1.29 is 13.2 Å². The number of rotatable bonds is 8. The molecule has 1 heterocycles. The zero-order valence-electron chi connectivity index (χ0n) is 17.4. The molecule has 7 nitrogen and oxygen atoms in total. The van der Waals surface area contributed by atoms with Crippen molar-refractivity contribution in [2.45, 2.75) is 45.1 Å². The molecule has 1 aromatic heterocycles. The van der Waals surface area contributed by atoms with E-state index in [4.69, 9.17) is 11.6 Å². The molecular weight excluding hydrogens is 412 g/mol. The molecule has 0 radical (unpaired) electrons. The highest BCUT2D eigenvalue weighted by molar-refractivity contribution is 7.89. The minimum atomic E-state index is -3.59. The van der Waals surface area contributed by atoms with Crippen molar-refractivity contribution in [3.8, 4) is 0 Å². The van der Waals surface area contributed by atoms with Gasteiger partial charge in [0.25, 0.3) is 0 Å². The van der Waals surface area contributed by atoms with E-state index in [1.54, 1.807) is 23.7 Å². The van der Waals surface area contributed by atoms with Gasteiger partial charge >= 0.3 is 0 Å². The number of anilines is 1. The van der Waals surface area contributed by atoms with Gasteiger partial charge < -0.3 is 5.32 Å². The molecule has 2 aromatic rings. The number of aromatic nitrogens is 2. The minimum absolute atomic E-state index is 0.114. The van der Waals surface area contributed by atoms with Gasteiger partial charge in [0.05, 0.1) is 10.6 Å². The first-order chi connectivity index (χ1) is 13.6. The summed E-state index contributed by atoms with van der Waals surface area (Å²) < 4.78 is 27.5. The summed E-state index contributed by atoms with van der Waals surface area (Å²) in [4.78, 5) is 12.5. The number of nitrogens with one attached hydrogen (secondary N) is 1. The first-order valence-corrected chi connectivity index (χ1v) is 11.1. The smallest absolute Gasteiger partial charge is 0.248 e. The van der Waals surface area contributed by atoms with Gasteiger partial charge in [-0.1, -0.05) is 31.0 Å². The third-order valence-corrected chi connectivity index (χ3v) is 6.69. The quantitative estimate of drug-likeness (QED) is 0.634. The molecule has 29 heavy (non-hydrogen) atoms. The summed E-state index contributed by atoms with van der Waals surface area (Å²) in [6.07, 6.45) is 4.99. The van der Waals surface area contributed by atoms with Crippen LogP contribution in [0, 0.1) is 13.8 Å². The molecule has 0 spiro atoms. The van der Waals surface area contributed by atoms with Crippen LogP contribution in [0.5, 0.6) is 0 Å². The van der Waals surface area contributed by atoms with E-state index in [0.717, 1.165) is 34.9 Å². The lowest BCUT2D eigenvalue weighted by atomic mass is 10.2. The third-order valence-electron chi connectivity index (χ3n) is 4.48. The number of amides is 1. The second-order valence-electron chi connectivity index (χ2n) is 6.95. The number of carbonyl (C=O) groups is 1. The fraction of sp³-hybridized carbons (Fsp3) is 0.400. The highest BCUT2D eigenvalue weighted by atomic mass is 35.5. The number of carbonyl (C=O) groups excluding carboxylic acids is 1. The summed E-state index contributed by atoms with van der Waals surface area (Å²) >= 11 is 6.38. The van der Waals surface area contributed by atoms with E-state index in [2.05, 4.69) is 17.3 Å². The molecule has 1 aromatic carbocycles. The molecule has 0 fully saturated rings. The van der Waals surface area contributed by atoms with Gasteiger partial charge in [-0.2, -0.15) is 5.10 Å². The van der Waals surface area contributed by atoms with Crippen molar-refractivity contribution in [3.63, 3.8) is 0 Å². The number of benzene rings is 1. The molecule has 1 amide bonds. The molecule has 0 atom stereocenters. The molecule has 158 valence electrons. The zero-order valence-corrected chi connectivity index (χ0v) is 18.9. The largest absolute Gasteiger partial charge is 0.322 e. The molecule has 0 unspecified atom stereocenters. The Morgan fingerprint density at radius 1 is 1.31 bits per heavy atom. The molecule has 0 saturated heterocycles. The van der Waals surface area contributed by atoms with Crippen molar-refractivity contribution in [2.24, 2.45) is 0 Å². The Bertz CT molecular complexity index is 1030. The fourth-order valence-electron chi connectivity index (χ4n) is 2.65. The average Bonchev–Trinajstić information content (AvgIpc) is 2.92. The Balaban J connectivity index is 2.21. The number of hydrogen-bond acceptors (Lipinski definition) is 4. The number of unbranched alkanes of at least 4 members (excludes halogenated alkanes) is 1. The van der Waals surface area contributed by atoms with Gasteiger partial charge in [-0.05, 0) is 44.0 Å². The maximum atomic E-state index is 12.4. The van der Waals surface area contributed by atoms with E-state index in [9.17, 15) is 13.2 Å². The SMILES string of the molecule is CCCCn1nc(C)c(/C=C/C(=O)Nc2cc(S(=O)(=O)N(C)C)ccc2C)c1Cl. The van der Waals surface area contributed by atoms with E-state index in [-0.39, 0.29) is 10.8 Å². The number of nitrogens with zero attached hydrogens (tertiary/aromatic N) is 3. The summed E-state index contributed by atoms with van der Waals surface area (Å²) in [5.41, 5.74) is 2.62. The highest BCUT2D eigenvalue weighted by Crippen LogP contribution is 2.23. The van der Waals surface area contributed by atoms with Gasteiger partial charge in [0.1, 0.15) is 5.15 Å². The van der Waals surface area contributed by atoms with Crippen molar-refractivity contribution >= 4 is 39.3 Å². The number of aryl methyl sites for hydroxylation is 3. The lowest BCUT2D eigenvalue weighted by Crippen LogP contribution is -2.22. The predicted octanol–water partition coefficient (Wildman–Crippen LogP) is 3.86. The van der Waals surface area contributed by atoms with Crippen molar-refractivity contribution in [1.82, 2.24) is 14.1 Å². The number of sulfonamides is 1. The van der Waals surface area contributed by atoms with Gasteiger partial charge in [-0.25, -0.2) is 12.7 Å². The lowest BCUT2D eigenvalue weighted by Gasteiger charge is -2.14. The van der Waals surface area contributed by atoms with Crippen LogP contribution in [0.15, 0.2) is 29.2 Å². The molecule has 0 aliphatic heterocycles. The summed E-state index contributed by atoms with van der Waals surface area (Å²) in [6, 6.07) is 4.63. The first-order valence-electron chi connectivity index (χ1n) is 9.33. The van der Waals surface area contributed by atoms with Crippen molar-refractivity contribution in [1.29, 1.82) is 0 Å². The maximum absolute atomic E-state index is 12.4. The van der Waals surface area contributed by atoms with E-state index in [1.165, 1.54) is 32.3 Å². The number of hydrogen-bond donors (Lipinski definition) is 1. The van der Waals surface area contributed by atoms with Crippen LogP contribution in [0.25, 0.3) is 6.08 Å². The molecule has 0 aliphatic rings. The Kier molecular flexibility index (Phi) is 7.62. The fourth-order valence-corrected chi connectivity index (χ4v) is 3.90. The molecular formula is C20H27ClN4O3S. The monoisotopic (exact) mass is 438 g/mol. The van der Waals surface area contributed by atoms with Gasteiger partial charge in [0.15, 0.2) is 0 Å². The summed E-state index contributed by atoms with van der Waals surface area (Å²) in [6.45, 7) is 6.45. The topological polar surface area (TPSA) is 84.3 Å². The van der Waals surface area contributed by atoms with E-state index in [1.807, 2.05) is 6.92 Å². The van der Waals surface area contributed by atoms with Crippen LogP contribution in [-0.4, -0.2) is 42.5 Å². The molecule has 0 aliphatic carbocycles. The van der Waals surface area contributed by atoms with Crippen LogP contribution in [-0.2, 0) is 21.4 Å². The zero-order chi connectivity index (χ0) is 21.8. The van der Waals surface area contributed by atoms with E-state index >= 15 is 0 Å². The third kappa shape index (κ3) is 5.46. The van der Waals surface area contributed by atoms with Crippen LogP contribution in [0.3, 0.4) is 0 Å². The standard InChI is InChI=1S/C20H27ClN4O3S/c1-6-7-12-25-20(21)17(15(3)23-25)10-11-19(26)22-18-13-16(9-8-14(18)2)29(27,28)24(4)5/h8-11,13H,6-7,12H2,1-5H3,(H,22,26)/b11-10+. The van der Waals surface area contributed by atoms with Crippen molar-refractivity contribution in [2.75, 3.05) is 19.4 Å².